The van der Waals surface area contributed by atoms with Crippen LogP contribution in [0.2, 0.25) is 0 Å². The van der Waals surface area contributed by atoms with Gasteiger partial charge in [0.1, 0.15) is 11.4 Å². The van der Waals surface area contributed by atoms with Crippen LogP contribution in [0, 0.1) is 6.92 Å². The molecule has 0 aliphatic carbocycles. The summed E-state index contributed by atoms with van der Waals surface area (Å²) < 4.78 is 5.12. The summed E-state index contributed by atoms with van der Waals surface area (Å²) >= 11 is 5.39. The van der Waals surface area contributed by atoms with E-state index in [1.54, 1.807) is 49.6 Å². The van der Waals surface area contributed by atoms with Crippen LogP contribution in [0.4, 0.5) is 11.4 Å². The Bertz CT molecular complexity index is 1240. The van der Waals surface area contributed by atoms with Crippen molar-refractivity contribution in [2.75, 3.05) is 17.3 Å². The number of para-hydroxylation sites is 1. The van der Waals surface area contributed by atoms with E-state index in [9.17, 15) is 9.59 Å². The highest BCUT2D eigenvalue weighted by Crippen LogP contribution is 2.26. The molecule has 0 saturated carbocycles. The molecular formula is C25H21N3O3S. The Balaban J connectivity index is 1.53. The molecule has 0 radical (unpaired) electrons. The molecule has 1 saturated heterocycles. The molecule has 2 amide bonds. The van der Waals surface area contributed by atoms with E-state index in [2.05, 4.69) is 10.6 Å². The van der Waals surface area contributed by atoms with Crippen LogP contribution >= 0.6 is 12.2 Å². The number of amides is 2. The Morgan fingerprint density at radius 2 is 1.81 bits per heavy atom. The van der Waals surface area contributed by atoms with Gasteiger partial charge >= 0.3 is 0 Å². The number of hydrogen-bond donors (Lipinski definition) is 2. The highest BCUT2D eigenvalue weighted by molar-refractivity contribution is 7.80. The van der Waals surface area contributed by atoms with Gasteiger partial charge in [0.15, 0.2) is 5.11 Å². The first kappa shape index (κ1) is 21.3. The summed E-state index contributed by atoms with van der Waals surface area (Å²) in [6.45, 7) is 1.93. The topological polar surface area (TPSA) is 70.7 Å². The van der Waals surface area contributed by atoms with Crippen LogP contribution in [0.15, 0.2) is 78.5 Å². The van der Waals surface area contributed by atoms with Crippen molar-refractivity contribution in [3.05, 3.63) is 95.2 Å². The van der Waals surface area contributed by atoms with Crippen molar-refractivity contribution in [2.45, 2.75) is 6.92 Å². The molecule has 7 heteroatoms. The second-order valence-corrected chi connectivity index (χ2v) is 7.61. The largest absolute Gasteiger partial charge is 0.497 e. The lowest BCUT2D eigenvalue weighted by Gasteiger charge is -2.16. The van der Waals surface area contributed by atoms with E-state index < -0.39 is 0 Å². The fourth-order valence-corrected chi connectivity index (χ4v) is 3.68. The van der Waals surface area contributed by atoms with Crippen molar-refractivity contribution in [3.8, 4) is 5.75 Å². The van der Waals surface area contributed by atoms with Crippen LogP contribution in [0.25, 0.3) is 6.08 Å². The Kier molecular flexibility index (Phi) is 6.00. The number of benzene rings is 3. The molecular weight excluding hydrogens is 422 g/mol. The summed E-state index contributed by atoms with van der Waals surface area (Å²) in [5.74, 6) is 0.220. The predicted octanol–water partition coefficient (Wildman–Crippen LogP) is 4.52. The average molecular weight is 444 g/mol. The van der Waals surface area contributed by atoms with E-state index in [0.29, 0.717) is 27.8 Å². The minimum Gasteiger partial charge on any atom is -0.497 e. The first-order chi connectivity index (χ1) is 15.5. The standard InChI is InChI=1S/C25H21N3O3S/c1-16-6-3-4-9-22(16)28-24(30)21(27-25(28)32)15-17-7-5-8-19(14-17)26-23(29)18-10-12-20(31-2)13-11-18/h3-15H,1-2H3,(H,26,29)(H,27,32)/b21-15-. The second-order valence-electron chi connectivity index (χ2n) is 7.22. The van der Waals surface area contributed by atoms with Gasteiger partial charge in [0.2, 0.25) is 0 Å². The number of carbonyl (C=O) groups is 2. The van der Waals surface area contributed by atoms with Gasteiger partial charge in [-0.25, -0.2) is 0 Å². The summed E-state index contributed by atoms with van der Waals surface area (Å²) in [5.41, 5.74) is 3.96. The number of thiocarbonyl (C=S) groups is 1. The number of methoxy groups -OCH3 is 1. The summed E-state index contributed by atoms with van der Waals surface area (Å²) in [7, 11) is 1.58. The number of anilines is 2. The van der Waals surface area contributed by atoms with Crippen molar-refractivity contribution in [3.63, 3.8) is 0 Å². The SMILES string of the molecule is COc1ccc(C(=O)Nc2cccc(/C=C3\NC(=S)N(c4ccccc4C)C3=O)c2)cc1. The Morgan fingerprint density at radius 1 is 1.06 bits per heavy atom. The molecule has 0 spiro atoms. The quantitative estimate of drug-likeness (QED) is 0.448. The molecule has 3 aromatic carbocycles. The van der Waals surface area contributed by atoms with Gasteiger partial charge in [-0.05, 0) is 78.8 Å². The molecule has 1 heterocycles. The van der Waals surface area contributed by atoms with Crippen LogP contribution in [0.5, 0.6) is 5.75 Å². The zero-order valence-corrected chi connectivity index (χ0v) is 18.4. The van der Waals surface area contributed by atoms with E-state index in [1.165, 1.54) is 4.90 Å². The second kappa shape index (κ2) is 9.03. The first-order valence-electron chi connectivity index (χ1n) is 9.94. The average Bonchev–Trinajstić information content (AvgIpc) is 3.07. The highest BCUT2D eigenvalue weighted by Gasteiger charge is 2.32. The van der Waals surface area contributed by atoms with Gasteiger partial charge in [-0.2, -0.15) is 0 Å². The van der Waals surface area contributed by atoms with Gasteiger partial charge in [0.25, 0.3) is 11.8 Å². The fraction of sp³-hybridized carbons (Fsp3) is 0.0800. The third-order valence-electron chi connectivity index (χ3n) is 5.04. The predicted molar refractivity (Wildman–Crippen MR) is 130 cm³/mol. The Morgan fingerprint density at radius 3 is 2.53 bits per heavy atom. The van der Waals surface area contributed by atoms with Crippen LogP contribution < -0.4 is 20.3 Å². The first-order valence-corrected chi connectivity index (χ1v) is 10.4. The van der Waals surface area contributed by atoms with Crippen molar-refractivity contribution >= 4 is 46.6 Å². The third kappa shape index (κ3) is 4.38. The van der Waals surface area contributed by atoms with E-state index in [4.69, 9.17) is 17.0 Å². The molecule has 0 atom stereocenters. The van der Waals surface area contributed by atoms with Gasteiger partial charge in [-0.3, -0.25) is 14.5 Å². The maximum atomic E-state index is 13.0. The molecule has 160 valence electrons. The fourth-order valence-electron chi connectivity index (χ4n) is 3.39. The molecule has 4 rings (SSSR count). The zero-order valence-electron chi connectivity index (χ0n) is 17.6. The molecule has 0 unspecified atom stereocenters. The van der Waals surface area contributed by atoms with E-state index in [1.807, 2.05) is 43.3 Å². The lowest BCUT2D eigenvalue weighted by molar-refractivity contribution is -0.113. The number of ether oxygens (including phenoxy) is 1. The van der Waals surface area contributed by atoms with E-state index in [0.717, 1.165) is 16.8 Å². The monoisotopic (exact) mass is 443 g/mol. The van der Waals surface area contributed by atoms with Gasteiger partial charge in [-0.15, -0.1) is 0 Å². The van der Waals surface area contributed by atoms with Crippen LogP contribution in [0.1, 0.15) is 21.5 Å². The Labute approximate surface area is 191 Å². The molecule has 6 nitrogen and oxygen atoms in total. The van der Waals surface area contributed by atoms with Crippen LogP contribution in [-0.4, -0.2) is 24.0 Å². The van der Waals surface area contributed by atoms with Gasteiger partial charge in [0, 0.05) is 11.3 Å². The minimum atomic E-state index is -0.237. The minimum absolute atomic E-state index is 0.225. The van der Waals surface area contributed by atoms with Gasteiger partial charge in [0.05, 0.1) is 12.8 Å². The van der Waals surface area contributed by atoms with E-state index in [-0.39, 0.29) is 11.8 Å². The van der Waals surface area contributed by atoms with Crippen LogP contribution in [-0.2, 0) is 4.79 Å². The highest BCUT2D eigenvalue weighted by atomic mass is 32.1. The molecule has 1 aliphatic rings. The summed E-state index contributed by atoms with van der Waals surface area (Å²) in [5, 5.41) is 6.20. The van der Waals surface area contributed by atoms with Gasteiger partial charge in [-0.1, -0.05) is 30.3 Å². The lowest BCUT2D eigenvalue weighted by atomic mass is 10.1. The number of nitrogens with zero attached hydrogens (tertiary/aromatic N) is 1. The normalized spacial score (nSPS) is 14.4. The zero-order chi connectivity index (χ0) is 22.7. The van der Waals surface area contributed by atoms with Crippen molar-refractivity contribution in [1.29, 1.82) is 0 Å². The lowest BCUT2D eigenvalue weighted by Crippen LogP contribution is -2.30. The number of rotatable bonds is 5. The smallest absolute Gasteiger partial charge is 0.281 e. The molecule has 0 bridgehead atoms. The molecule has 0 aromatic heterocycles. The molecule has 1 fully saturated rings. The molecule has 1 aliphatic heterocycles. The van der Waals surface area contributed by atoms with Crippen molar-refractivity contribution in [2.24, 2.45) is 0 Å². The summed E-state index contributed by atoms with van der Waals surface area (Å²) in [4.78, 5) is 27.0. The molecule has 32 heavy (non-hydrogen) atoms. The van der Waals surface area contributed by atoms with Gasteiger partial charge < -0.3 is 15.4 Å². The number of carbonyl (C=O) groups excluding carboxylic acids is 2. The van der Waals surface area contributed by atoms with E-state index >= 15 is 0 Å². The Hall–Kier alpha value is -3.97. The summed E-state index contributed by atoms with van der Waals surface area (Å²) in [6, 6.07) is 21.7. The number of nitrogens with one attached hydrogen (secondary N) is 2. The maximum absolute atomic E-state index is 13.0. The number of hydrogen-bond acceptors (Lipinski definition) is 4. The van der Waals surface area contributed by atoms with Crippen molar-refractivity contribution in [1.82, 2.24) is 5.32 Å². The van der Waals surface area contributed by atoms with Crippen molar-refractivity contribution < 1.29 is 14.3 Å². The third-order valence-corrected chi connectivity index (χ3v) is 5.33. The summed E-state index contributed by atoms with van der Waals surface area (Å²) in [6.07, 6.45) is 1.72. The number of aryl methyl sites for hydroxylation is 1. The molecule has 2 N–H and O–H groups in total. The maximum Gasteiger partial charge on any atom is 0.281 e. The molecule has 3 aromatic rings. The van der Waals surface area contributed by atoms with Crippen LogP contribution in [0.3, 0.4) is 0 Å².